The number of hydrogen-bond acceptors (Lipinski definition) is 4. The summed E-state index contributed by atoms with van der Waals surface area (Å²) in [5.41, 5.74) is 3.32. The van der Waals surface area contributed by atoms with Crippen molar-refractivity contribution in [3.05, 3.63) is 58.1 Å². The Kier molecular flexibility index (Phi) is 4.94. The van der Waals surface area contributed by atoms with Crippen LogP contribution in [0.25, 0.3) is 0 Å². The molecule has 2 aromatic rings. The van der Waals surface area contributed by atoms with Gasteiger partial charge in [0.2, 0.25) is 0 Å². The van der Waals surface area contributed by atoms with Crippen LogP contribution < -0.4 is 10.2 Å². The first kappa shape index (κ1) is 15.1. The molecule has 0 saturated carbocycles. The molecule has 0 fully saturated rings. The fourth-order valence-corrected chi connectivity index (χ4v) is 2.05. The van der Waals surface area contributed by atoms with Crippen molar-refractivity contribution in [2.75, 3.05) is 7.11 Å². The van der Waals surface area contributed by atoms with E-state index in [-0.39, 0.29) is 11.7 Å². The maximum atomic E-state index is 12.0. The Morgan fingerprint density at radius 3 is 2.81 bits per heavy atom. The summed E-state index contributed by atoms with van der Waals surface area (Å²) in [6, 6.07) is 11.8. The van der Waals surface area contributed by atoms with E-state index in [1.54, 1.807) is 42.5 Å². The number of nitrogens with zero attached hydrogens (tertiary/aromatic N) is 1. The topological polar surface area (TPSA) is 70.9 Å². The number of carbonyl (C=O) groups excluding carboxylic acids is 1. The molecule has 0 aliphatic rings. The highest BCUT2D eigenvalue weighted by Crippen LogP contribution is 2.22. The van der Waals surface area contributed by atoms with E-state index in [0.29, 0.717) is 21.3 Å². The van der Waals surface area contributed by atoms with Crippen LogP contribution in [-0.2, 0) is 0 Å². The number of hydrazone groups is 1. The average Bonchev–Trinajstić information content (AvgIpc) is 2.49. The van der Waals surface area contributed by atoms with Gasteiger partial charge in [0.1, 0.15) is 11.5 Å². The minimum absolute atomic E-state index is 0.0954. The minimum atomic E-state index is -0.382. The number of methoxy groups -OCH3 is 1. The number of phenols is 1. The lowest BCUT2D eigenvalue weighted by Crippen LogP contribution is -2.18. The molecule has 0 saturated heterocycles. The van der Waals surface area contributed by atoms with Gasteiger partial charge in [-0.3, -0.25) is 4.79 Å². The molecule has 0 unspecified atom stereocenters. The SMILES string of the molecule is COc1ccc(Br)c(C(=O)N/N=C\c2ccccc2O)c1. The van der Waals surface area contributed by atoms with Gasteiger partial charge in [-0.2, -0.15) is 5.10 Å². The maximum absolute atomic E-state index is 12.0. The van der Waals surface area contributed by atoms with Crippen molar-refractivity contribution < 1.29 is 14.6 Å². The molecule has 0 aromatic heterocycles. The number of rotatable bonds is 4. The number of ether oxygens (including phenoxy) is 1. The molecule has 0 spiro atoms. The number of hydrogen-bond donors (Lipinski definition) is 2. The Morgan fingerprint density at radius 1 is 1.33 bits per heavy atom. The van der Waals surface area contributed by atoms with E-state index >= 15 is 0 Å². The number of benzene rings is 2. The number of para-hydroxylation sites is 1. The molecule has 0 aliphatic heterocycles. The quantitative estimate of drug-likeness (QED) is 0.659. The van der Waals surface area contributed by atoms with Crippen LogP contribution in [0.3, 0.4) is 0 Å². The summed E-state index contributed by atoms with van der Waals surface area (Å²) in [6.45, 7) is 0. The Labute approximate surface area is 130 Å². The van der Waals surface area contributed by atoms with Gasteiger partial charge in [0, 0.05) is 10.0 Å². The summed E-state index contributed by atoms with van der Waals surface area (Å²) in [4.78, 5) is 12.0. The smallest absolute Gasteiger partial charge is 0.272 e. The van der Waals surface area contributed by atoms with Gasteiger partial charge in [-0.1, -0.05) is 12.1 Å². The van der Waals surface area contributed by atoms with E-state index in [0.717, 1.165) is 0 Å². The van der Waals surface area contributed by atoms with Gasteiger partial charge in [0.15, 0.2) is 0 Å². The third-order valence-electron chi connectivity index (χ3n) is 2.72. The fraction of sp³-hybridized carbons (Fsp3) is 0.0667. The summed E-state index contributed by atoms with van der Waals surface area (Å²) < 4.78 is 5.71. The molecule has 2 aromatic carbocycles. The molecule has 1 amide bonds. The average molecular weight is 349 g/mol. The molecule has 0 bridgehead atoms. The van der Waals surface area contributed by atoms with Gasteiger partial charge in [0.25, 0.3) is 5.91 Å². The van der Waals surface area contributed by atoms with Crippen LogP contribution >= 0.6 is 15.9 Å². The predicted molar refractivity (Wildman–Crippen MR) is 83.9 cm³/mol. The lowest BCUT2D eigenvalue weighted by atomic mass is 10.2. The van der Waals surface area contributed by atoms with Crippen molar-refractivity contribution in [3.8, 4) is 11.5 Å². The molecule has 0 atom stereocenters. The van der Waals surface area contributed by atoms with Gasteiger partial charge >= 0.3 is 0 Å². The predicted octanol–water partition coefficient (Wildman–Crippen LogP) is 2.93. The second-order valence-electron chi connectivity index (χ2n) is 4.10. The highest BCUT2D eigenvalue weighted by molar-refractivity contribution is 9.10. The van der Waals surface area contributed by atoms with E-state index in [2.05, 4.69) is 26.5 Å². The van der Waals surface area contributed by atoms with E-state index in [1.165, 1.54) is 13.3 Å². The number of aromatic hydroxyl groups is 1. The van der Waals surface area contributed by atoms with E-state index in [1.807, 2.05) is 0 Å². The molecule has 0 heterocycles. The third kappa shape index (κ3) is 3.82. The summed E-state index contributed by atoms with van der Waals surface area (Å²) in [6.07, 6.45) is 1.38. The Hall–Kier alpha value is -2.34. The van der Waals surface area contributed by atoms with Crippen molar-refractivity contribution in [2.24, 2.45) is 5.10 Å². The molecular weight excluding hydrogens is 336 g/mol. The zero-order valence-corrected chi connectivity index (χ0v) is 12.8. The number of halogens is 1. The van der Waals surface area contributed by atoms with Crippen molar-refractivity contribution in [1.82, 2.24) is 5.43 Å². The van der Waals surface area contributed by atoms with Gasteiger partial charge < -0.3 is 9.84 Å². The van der Waals surface area contributed by atoms with Gasteiger partial charge in [-0.15, -0.1) is 0 Å². The first-order valence-corrected chi connectivity index (χ1v) is 6.86. The van der Waals surface area contributed by atoms with Gasteiger partial charge in [-0.05, 0) is 46.3 Å². The molecule has 0 radical (unpaired) electrons. The zero-order chi connectivity index (χ0) is 15.2. The monoisotopic (exact) mass is 348 g/mol. The molecule has 21 heavy (non-hydrogen) atoms. The second kappa shape index (κ2) is 6.90. The highest BCUT2D eigenvalue weighted by Gasteiger charge is 2.10. The number of carbonyl (C=O) groups is 1. The van der Waals surface area contributed by atoms with E-state index < -0.39 is 0 Å². The second-order valence-corrected chi connectivity index (χ2v) is 4.96. The number of nitrogens with one attached hydrogen (secondary N) is 1. The first-order chi connectivity index (χ1) is 10.1. The maximum Gasteiger partial charge on any atom is 0.272 e. The minimum Gasteiger partial charge on any atom is -0.507 e. The van der Waals surface area contributed by atoms with Crippen molar-refractivity contribution in [1.29, 1.82) is 0 Å². The Morgan fingerprint density at radius 2 is 2.10 bits per heavy atom. The molecule has 2 N–H and O–H groups in total. The van der Waals surface area contributed by atoms with Crippen LogP contribution in [0.4, 0.5) is 0 Å². The lowest BCUT2D eigenvalue weighted by Gasteiger charge is -2.05. The summed E-state index contributed by atoms with van der Waals surface area (Å²) in [5, 5.41) is 13.4. The van der Waals surface area contributed by atoms with Gasteiger partial charge in [0.05, 0.1) is 18.9 Å². The van der Waals surface area contributed by atoms with Crippen molar-refractivity contribution in [2.45, 2.75) is 0 Å². The first-order valence-electron chi connectivity index (χ1n) is 6.06. The van der Waals surface area contributed by atoms with Crippen LogP contribution in [-0.4, -0.2) is 24.3 Å². The van der Waals surface area contributed by atoms with E-state index in [9.17, 15) is 9.90 Å². The fourth-order valence-electron chi connectivity index (χ4n) is 1.62. The third-order valence-corrected chi connectivity index (χ3v) is 3.42. The van der Waals surface area contributed by atoms with Crippen LogP contribution in [0.5, 0.6) is 11.5 Å². The summed E-state index contributed by atoms with van der Waals surface area (Å²) in [7, 11) is 1.53. The van der Waals surface area contributed by atoms with Crippen LogP contribution in [0.1, 0.15) is 15.9 Å². The van der Waals surface area contributed by atoms with Crippen molar-refractivity contribution >= 4 is 28.1 Å². The standard InChI is InChI=1S/C15H13BrN2O3/c1-21-11-6-7-13(16)12(8-11)15(20)18-17-9-10-4-2-3-5-14(10)19/h2-9,19H,1H3,(H,18,20)/b17-9-. The van der Waals surface area contributed by atoms with Crippen LogP contribution in [0.15, 0.2) is 52.0 Å². The number of amides is 1. The number of phenolic OH excluding ortho intramolecular Hbond substituents is 1. The largest absolute Gasteiger partial charge is 0.507 e. The Bertz CT molecular complexity index is 686. The molecule has 2 rings (SSSR count). The normalized spacial score (nSPS) is 10.6. The molecule has 0 aliphatic carbocycles. The van der Waals surface area contributed by atoms with Crippen LogP contribution in [0, 0.1) is 0 Å². The molecular formula is C15H13BrN2O3. The Balaban J connectivity index is 2.10. The highest BCUT2D eigenvalue weighted by atomic mass is 79.9. The van der Waals surface area contributed by atoms with Crippen LogP contribution in [0.2, 0.25) is 0 Å². The molecule has 5 nitrogen and oxygen atoms in total. The zero-order valence-electron chi connectivity index (χ0n) is 11.2. The summed E-state index contributed by atoms with van der Waals surface area (Å²) >= 11 is 3.30. The molecule has 108 valence electrons. The lowest BCUT2D eigenvalue weighted by molar-refractivity contribution is 0.0954. The van der Waals surface area contributed by atoms with Crippen molar-refractivity contribution in [3.63, 3.8) is 0 Å². The molecule has 6 heteroatoms. The van der Waals surface area contributed by atoms with E-state index in [4.69, 9.17) is 4.74 Å². The van der Waals surface area contributed by atoms with Gasteiger partial charge in [-0.25, -0.2) is 5.43 Å². The summed E-state index contributed by atoms with van der Waals surface area (Å²) in [5.74, 6) is 0.290.